The van der Waals surface area contributed by atoms with Crippen molar-refractivity contribution >= 4 is 28.5 Å². The van der Waals surface area contributed by atoms with Gasteiger partial charge in [-0.25, -0.2) is 0 Å². The van der Waals surface area contributed by atoms with Crippen LogP contribution >= 0.6 is 0 Å². The van der Waals surface area contributed by atoms with Gasteiger partial charge in [0, 0.05) is 17.3 Å². The van der Waals surface area contributed by atoms with Crippen molar-refractivity contribution < 1.29 is 14.3 Å². The molecule has 6 nitrogen and oxygen atoms in total. The Labute approximate surface area is 121 Å². The number of aromatic amines is 1. The van der Waals surface area contributed by atoms with Gasteiger partial charge in [0.2, 0.25) is 11.8 Å². The Morgan fingerprint density at radius 1 is 1.38 bits per heavy atom. The number of carbonyl (C=O) groups excluding carboxylic acids is 2. The first-order valence-electron chi connectivity index (χ1n) is 6.93. The Hall–Kier alpha value is -2.50. The predicted octanol–water partition coefficient (Wildman–Crippen LogP) is 1.78. The summed E-state index contributed by atoms with van der Waals surface area (Å²) in [5.41, 5.74) is 0.916. The van der Waals surface area contributed by atoms with Gasteiger partial charge in [-0.05, 0) is 37.1 Å². The van der Waals surface area contributed by atoms with Gasteiger partial charge >= 0.3 is 0 Å². The molecule has 1 atom stereocenters. The summed E-state index contributed by atoms with van der Waals surface area (Å²) in [7, 11) is 1.61. The molecule has 6 heteroatoms. The average Bonchev–Trinajstić information content (AvgIpc) is 2.88. The van der Waals surface area contributed by atoms with Crippen LogP contribution in [-0.2, 0) is 9.59 Å². The van der Waals surface area contributed by atoms with Crippen LogP contribution in [0.1, 0.15) is 19.3 Å². The van der Waals surface area contributed by atoms with Crippen LogP contribution in [0.25, 0.3) is 10.9 Å². The third-order valence-electron chi connectivity index (χ3n) is 3.63. The average molecular weight is 287 g/mol. The monoisotopic (exact) mass is 287 g/mol. The van der Waals surface area contributed by atoms with Crippen LogP contribution in [0, 0.1) is 0 Å². The van der Waals surface area contributed by atoms with Crippen molar-refractivity contribution in [3.8, 4) is 5.75 Å². The molecule has 0 radical (unpaired) electrons. The van der Waals surface area contributed by atoms with Gasteiger partial charge in [-0.3, -0.25) is 9.59 Å². The third-order valence-corrected chi connectivity index (χ3v) is 3.63. The number of aromatic nitrogens is 1. The minimum Gasteiger partial charge on any atom is -0.497 e. The molecule has 2 amide bonds. The zero-order valence-electron chi connectivity index (χ0n) is 11.7. The van der Waals surface area contributed by atoms with E-state index in [0.717, 1.165) is 23.1 Å². The molecule has 110 valence electrons. The highest BCUT2D eigenvalue weighted by molar-refractivity contribution is 5.99. The molecule has 1 saturated heterocycles. The number of fused-ring (bicyclic) bond motifs is 1. The van der Waals surface area contributed by atoms with Crippen LogP contribution in [0.5, 0.6) is 5.75 Å². The summed E-state index contributed by atoms with van der Waals surface area (Å²) in [6.07, 6.45) is 1.91. The fraction of sp³-hybridized carbons (Fsp3) is 0.333. The molecule has 1 fully saturated rings. The van der Waals surface area contributed by atoms with Crippen LogP contribution < -0.4 is 15.4 Å². The number of methoxy groups -OCH3 is 1. The molecule has 1 aromatic carbocycles. The van der Waals surface area contributed by atoms with E-state index in [2.05, 4.69) is 15.6 Å². The minimum atomic E-state index is -0.452. The molecule has 0 saturated carbocycles. The number of piperidine rings is 1. The van der Waals surface area contributed by atoms with Gasteiger partial charge in [-0.15, -0.1) is 0 Å². The second-order valence-electron chi connectivity index (χ2n) is 5.14. The van der Waals surface area contributed by atoms with E-state index in [0.29, 0.717) is 18.7 Å². The summed E-state index contributed by atoms with van der Waals surface area (Å²) in [6.45, 7) is 0. The van der Waals surface area contributed by atoms with Gasteiger partial charge in [0.05, 0.1) is 7.11 Å². The lowest BCUT2D eigenvalue weighted by Gasteiger charge is -2.21. The predicted molar refractivity (Wildman–Crippen MR) is 79.3 cm³/mol. The van der Waals surface area contributed by atoms with E-state index >= 15 is 0 Å². The van der Waals surface area contributed by atoms with E-state index in [-0.39, 0.29) is 11.8 Å². The van der Waals surface area contributed by atoms with Crippen molar-refractivity contribution in [1.29, 1.82) is 0 Å². The first-order valence-corrected chi connectivity index (χ1v) is 6.93. The Morgan fingerprint density at radius 3 is 3.00 bits per heavy atom. The molecule has 2 aromatic rings. The van der Waals surface area contributed by atoms with Gasteiger partial charge in [-0.2, -0.15) is 0 Å². The van der Waals surface area contributed by atoms with Gasteiger partial charge in [0.15, 0.2) is 0 Å². The number of rotatable bonds is 3. The van der Waals surface area contributed by atoms with Crippen molar-refractivity contribution in [2.45, 2.75) is 25.3 Å². The van der Waals surface area contributed by atoms with Crippen LogP contribution in [-0.4, -0.2) is 29.9 Å². The molecule has 0 aliphatic carbocycles. The number of hydrogen-bond acceptors (Lipinski definition) is 3. The maximum Gasteiger partial charge on any atom is 0.248 e. The van der Waals surface area contributed by atoms with E-state index in [9.17, 15) is 9.59 Å². The number of hydrogen-bond donors (Lipinski definition) is 3. The Kier molecular flexibility index (Phi) is 3.51. The van der Waals surface area contributed by atoms with Gasteiger partial charge < -0.3 is 20.4 Å². The number of nitrogens with one attached hydrogen (secondary N) is 3. The second kappa shape index (κ2) is 5.47. The van der Waals surface area contributed by atoms with Gasteiger partial charge in [-0.1, -0.05) is 0 Å². The van der Waals surface area contributed by atoms with Crippen LogP contribution in [0.4, 0.5) is 5.82 Å². The number of ether oxygens (including phenoxy) is 1. The van der Waals surface area contributed by atoms with Crippen molar-refractivity contribution in [2.24, 2.45) is 0 Å². The molecule has 21 heavy (non-hydrogen) atoms. The lowest BCUT2D eigenvalue weighted by molar-refractivity contribution is -0.128. The summed E-state index contributed by atoms with van der Waals surface area (Å²) < 4.78 is 5.17. The van der Waals surface area contributed by atoms with E-state index in [1.165, 1.54) is 0 Å². The van der Waals surface area contributed by atoms with Crippen molar-refractivity contribution in [1.82, 2.24) is 10.3 Å². The van der Waals surface area contributed by atoms with Crippen LogP contribution in [0.15, 0.2) is 24.3 Å². The number of anilines is 1. The smallest absolute Gasteiger partial charge is 0.248 e. The lowest BCUT2D eigenvalue weighted by atomic mass is 10.0. The van der Waals surface area contributed by atoms with E-state index in [4.69, 9.17) is 4.74 Å². The normalized spacial score (nSPS) is 18.3. The van der Waals surface area contributed by atoms with Crippen LogP contribution in [0.3, 0.4) is 0 Å². The van der Waals surface area contributed by atoms with E-state index in [1.807, 2.05) is 24.3 Å². The van der Waals surface area contributed by atoms with Crippen LogP contribution in [0.2, 0.25) is 0 Å². The SMILES string of the molecule is COc1ccc2[nH]c(NC(=O)[C@@H]3CCCC(=O)N3)cc2c1. The second-order valence-corrected chi connectivity index (χ2v) is 5.14. The van der Waals surface area contributed by atoms with Crippen molar-refractivity contribution in [2.75, 3.05) is 12.4 Å². The Balaban J connectivity index is 1.75. The summed E-state index contributed by atoms with van der Waals surface area (Å²) in [5, 5.41) is 6.47. The molecule has 0 bridgehead atoms. The zero-order chi connectivity index (χ0) is 14.8. The fourth-order valence-electron chi connectivity index (χ4n) is 2.53. The molecular formula is C15H17N3O3. The van der Waals surface area contributed by atoms with Gasteiger partial charge in [0.25, 0.3) is 0 Å². The molecule has 0 spiro atoms. The molecule has 2 heterocycles. The molecule has 0 unspecified atom stereocenters. The maximum absolute atomic E-state index is 12.1. The van der Waals surface area contributed by atoms with Crippen molar-refractivity contribution in [3.05, 3.63) is 24.3 Å². The lowest BCUT2D eigenvalue weighted by Crippen LogP contribution is -2.46. The zero-order valence-corrected chi connectivity index (χ0v) is 11.7. The van der Waals surface area contributed by atoms with E-state index in [1.54, 1.807) is 7.11 Å². The van der Waals surface area contributed by atoms with Crippen molar-refractivity contribution in [3.63, 3.8) is 0 Å². The first-order chi connectivity index (χ1) is 10.2. The van der Waals surface area contributed by atoms with E-state index < -0.39 is 6.04 Å². The largest absolute Gasteiger partial charge is 0.497 e. The molecule has 1 aliphatic rings. The standard InChI is InChI=1S/C15H17N3O3/c1-21-10-5-6-11-9(7-10)8-13(16-11)18-15(20)12-3-2-4-14(19)17-12/h5-8,12,16H,2-4H2,1H3,(H,17,19)(H,18,20)/t12-/m0/s1. The topological polar surface area (TPSA) is 83.2 Å². The highest BCUT2D eigenvalue weighted by Gasteiger charge is 2.24. The molecule has 1 aromatic heterocycles. The molecular weight excluding hydrogens is 270 g/mol. The quantitative estimate of drug-likeness (QED) is 0.804. The summed E-state index contributed by atoms with van der Waals surface area (Å²) in [4.78, 5) is 26.6. The summed E-state index contributed by atoms with van der Waals surface area (Å²) in [5.74, 6) is 1.12. The summed E-state index contributed by atoms with van der Waals surface area (Å²) in [6, 6.07) is 7.04. The minimum absolute atomic E-state index is 0.0669. The number of benzene rings is 1. The number of H-pyrrole nitrogens is 1. The first kappa shape index (κ1) is 13.5. The number of carbonyl (C=O) groups is 2. The molecule has 1 aliphatic heterocycles. The molecule has 3 N–H and O–H groups in total. The fourth-order valence-corrected chi connectivity index (χ4v) is 2.53. The van der Waals surface area contributed by atoms with Gasteiger partial charge in [0.1, 0.15) is 17.6 Å². The Bertz CT molecular complexity index is 693. The number of amides is 2. The third kappa shape index (κ3) is 2.84. The maximum atomic E-state index is 12.1. The highest BCUT2D eigenvalue weighted by Crippen LogP contribution is 2.23. The Morgan fingerprint density at radius 2 is 2.24 bits per heavy atom. The summed E-state index contributed by atoms with van der Waals surface area (Å²) >= 11 is 0. The molecule has 3 rings (SSSR count). The highest BCUT2D eigenvalue weighted by atomic mass is 16.5.